The molecule has 0 atom stereocenters. The standard InChI is InChI=1S/C17H19FN2O2/c1-13-11-14(6-7-16(13)18)17(22)20(9-4-10-21)12-15-5-2-3-8-19-15/h2-3,5-8,11,21H,4,9-10,12H2,1H3. The van der Waals surface area contributed by atoms with Gasteiger partial charge < -0.3 is 10.0 Å². The van der Waals surface area contributed by atoms with Crippen LogP contribution in [0.5, 0.6) is 0 Å². The maximum atomic E-state index is 13.3. The van der Waals surface area contributed by atoms with E-state index in [1.165, 1.54) is 12.1 Å². The summed E-state index contributed by atoms with van der Waals surface area (Å²) >= 11 is 0. The minimum absolute atomic E-state index is 0.00838. The zero-order chi connectivity index (χ0) is 15.9. The molecule has 0 saturated heterocycles. The van der Waals surface area contributed by atoms with Gasteiger partial charge in [0.25, 0.3) is 5.91 Å². The SMILES string of the molecule is Cc1cc(C(=O)N(CCCO)Cc2ccccn2)ccc1F. The second-order valence-electron chi connectivity index (χ2n) is 5.09. The highest BCUT2D eigenvalue weighted by Crippen LogP contribution is 2.13. The van der Waals surface area contributed by atoms with E-state index in [4.69, 9.17) is 5.11 Å². The summed E-state index contributed by atoms with van der Waals surface area (Å²) in [6, 6.07) is 9.84. The summed E-state index contributed by atoms with van der Waals surface area (Å²) in [5, 5.41) is 9.01. The average Bonchev–Trinajstić information content (AvgIpc) is 2.54. The highest BCUT2D eigenvalue weighted by atomic mass is 19.1. The van der Waals surface area contributed by atoms with Crippen LogP contribution in [0.4, 0.5) is 4.39 Å². The van der Waals surface area contributed by atoms with Crippen molar-refractivity contribution in [2.24, 2.45) is 0 Å². The lowest BCUT2D eigenvalue weighted by atomic mass is 10.1. The zero-order valence-electron chi connectivity index (χ0n) is 12.5. The molecule has 1 aromatic carbocycles. The van der Waals surface area contributed by atoms with E-state index in [9.17, 15) is 9.18 Å². The van der Waals surface area contributed by atoms with Crippen molar-refractivity contribution in [1.29, 1.82) is 0 Å². The maximum absolute atomic E-state index is 13.3. The first-order valence-corrected chi connectivity index (χ1v) is 7.18. The van der Waals surface area contributed by atoms with E-state index in [-0.39, 0.29) is 18.3 Å². The van der Waals surface area contributed by atoms with Crippen LogP contribution in [0.2, 0.25) is 0 Å². The maximum Gasteiger partial charge on any atom is 0.254 e. The summed E-state index contributed by atoms with van der Waals surface area (Å²) in [4.78, 5) is 18.4. The topological polar surface area (TPSA) is 53.4 Å². The second-order valence-corrected chi connectivity index (χ2v) is 5.09. The third-order valence-electron chi connectivity index (χ3n) is 3.36. The molecule has 0 fully saturated rings. The highest BCUT2D eigenvalue weighted by Gasteiger charge is 2.17. The molecule has 22 heavy (non-hydrogen) atoms. The van der Waals surface area contributed by atoms with E-state index < -0.39 is 0 Å². The van der Waals surface area contributed by atoms with Crippen molar-refractivity contribution in [3.63, 3.8) is 0 Å². The van der Waals surface area contributed by atoms with Crippen LogP contribution in [0.1, 0.15) is 28.0 Å². The Morgan fingerprint density at radius 2 is 2.14 bits per heavy atom. The number of nitrogens with zero attached hydrogens (tertiary/aromatic N) is 2. The smallest absolute Gasteiger partial charge is 0.254 e. The number of aliphatic hydroxyl groups is 1. The monoisotopic (exact) mass is 302 g/mol. The predicted octanol–water partition coefficient (Wildman–Crippen LogP) is 2.55. The third kappa shape index (κ3) is 4.11. The molecule has 0 spiro atoms. The largest absolute Gasteiger partial charge is 0.396 e. The van der Waals surface area contributed by atoms with E-state index in [0.717, 1.165) is 5.69 Å². The molecule has 2 aromatic rings. The van der Waals surface area contributed by atoms with Crippen LogP contribution in [0.15, 0.2) is 42.6 Å². The van der Waals surface area contributed by atoms with Gasteiger partial charge in [-0.25, -0.2) is 4.39 Å². The van der Waals surface area contributed by atoms with Crippen molar-refractivity contribution in [2.45, 2.75) is 19.9 Å². The van der Waals surface area contributed by atoms with Crippen LogP contribution in [-0.4, -0.2) is 34.0 Å². The fourth-order valence-electron chi connectivity index (χ4n) is 2.16. The van der Waals surface area contributed by atoms with Gasteiger partial charge in [0.05, 0.1) is 12.2 Å². The fraction of sp³-hybridized carbons (Fsp3) is 0.294. The number of carbonyl (C=O) groups excluding carboxylic acids is 1. The Morgan fingerprint density at radius 1 is 1.32 bits per heavy atom. The number of aromatic nitrogens is 1. The first-order chi connectivity index (χ1) is 10.6. The summed E-state index contributed by atoms with van der Waals surface area (Å²) < 4.78 is 13.3. The summed E-state index contributed by atoms with van der Waals surface area (Å²) in [5.41, 5.74) is 1.64. The molecule has 1 N–H and O–H groups in total. The van der Waals surface area contributed by atoms with Gasteiger partial charge in [0.1, 0.15) is 5.82 Å². The number of aliphatic hydroxyl groups excluding tert-OH is 1. The Morgan fingerprint density at radius 3 is 2.77 bits per heavy atom. The number of benzene rings is 1. The van der Waals surface area contributed by atoms with E-state index >= 15 is 0 Å². The van der Waals surface area contributed by atoms with Gasteiger partial charge in [0, 0.05) is 24.9 Å². The van der Waals surface area contributed by atoms with Crippen LogP contribution in [0, 0.1) is 12.7 Å². The Balaban J connectivity index is 2.19. The first kappa shape index (κ1) is 16.1. The van der Waals surface area contributed by atoms with Crippen LogP contribution in [-0.2, 0) is 6.54 Å². The van der Waals surface area contributed by atoms with Crippen LogP contribution in [0.3, 0.4) is 0 Å². The van der Waals surface area contributed by atoms with Gasteiger partial charge in [-0.3, -0.25) is 9.78 Å². The number of pyridine rings is 1. The van der Waals surface area contributed by atoms with E-state index in [1.807, 2.05) is 18.2 Å². The lowest BCUT2D eigenvalue weighted by molar-refractivity contribution is 0.0729. The van der Waals surface area contributed by atoms with Gasteiger partial charge in [-0.15, -0.1) is 0 Å². The predicted molar refractivity (Wildman–Crippen MR) is 81.8 cm³/mol. The molecule has 116 valence electrons. The van der Waals surface area contributed by atoms with Gasteiger partial charge in [-0.05, 0) is 49.2 Å². The van der Waals surface area contributed by atoms with Crippen molar-refractivity contribution < 1.29 is 14.3 Å². The number of carbonyl (C=O) groups is 1. The molecular weight excluding hydrogens is 283 g/mol. The molecule has 5 heteroatoms. The molecule has 0 aliphatic heterocycles. The molecule has 1 aromatic heterocycles. The van der Waals surface area contributed by atoms with Crippen LogP contribution >= 0.6 is 0 Å². The molecule has 2 rings (SSSR count). The molecule has 4 nitrogen and oxygen atoms in total. The summed E-state index contributed by atoms with van der Waals surface area (Å²) in [6.07, 6.45) is 2.16. The molecule has 0 unspecified atom stereocenters. The number of halogens is 1. The first-order valence-electron chi connectivity index (χ1n) is 7.18. The molecule has 0 radical (unpaired) electrons. The van der Waals surface area contributed by atoms with Gasteiger partial charge in [0.2, 0.25) is 0 Å². The number of aryl methyl sites for hydroxylation is 1. The normalized spacial score (nSPS) is 10.5. The van der Waals surface area contributed by atoms with Crippen molar-refractivity contribution in [3.05, 3.63) is 65.2 Å². The van der Waals surface area contributed by atoms with E-state index in [1.54, 1.807) is 24.1 Å². The van der Waals surface area contributed by atoms with Crippen molar-refractivity contribution in [3.8, 4) is 0 Å². The Bertz CT molecular complexity index is 632. The molecule has 0 saturated carbocycles. The lowest BCUT2D eigenvalue weighted by Gasteiger charge is -2.22. The van der Waals surface area contributed by atoms with Gasteiger partial charge in [0.15, 0.2) is 0 Å². The zero-order valence-corrected chi connectivity index (χ0v) is 12.5. The quantitative estimate of drug-likeness (QED) is 0.892. The van der Waals surface area contributed by atoms with Crippen molar-refractivity contribution in [1.82, 2.24) is 9.88 Å². The Labute approximate surface area is 129 Å². The third-order valence-corrected chi connectivity index (χ3v) is 3.36. The van der Waals surface area contributed by atoms with E-state index in [2.05, 4.69) is 4.98 Å². The van der Waals surface area contributed by atoms with Crippen LogP contribution < -0.4 is 0 Å². The summed E-state index contributed by atoms with van der Waals surface area (Å²) in [5.74, 6) is -0.523. The van der Waals surface area contributed by atoms with Gasteiger partial charge in [-0.2, -0.15) is 0 Å². The van der Waals surface area contributed by atoms with Crippen molar-refractivity contribution >= 4 is 5.91 Å². The second kappa shape index (κ2) is 7.66. The minimum Gasteiger partial charge on any atom is -0.396 e. The van der Waals surface area contributed by atoms with Gasteiger partial charge in [-0.1, -0.05) is 6.07 Å². The molecule has 0 bridgehead atoms. The fourth-order valence-corrected chi connectivity index (χ4v) is 2.16. The van der Waals surface area contributed by atoms with E-state index in [0.29, 0.717) is 30.6 Å². The Hall–Kier alpha value is -2.27. The Kier molecular flexibility index (Phi) is 5.61. The molecule has 0 aliphatic rings. The summed E-state index contributed by atoms with van der Waals surface area (Å²) in [7, 11) is 0. The minimum atomic E-state index is -0.330. The number of hydrogen-bond acceptors (Lipinski definition) is 3. The number of hydrogen-bond donors (Lipinski definition) is 1. The van der Waals surface area contributed by atoms with Gasteiger partial charge >= 0.3 is 0 Å². The molecular formula is C17H19FN2O2. The number of amides is 1. The van der Waals surface area contributed by atoms with Crippen molar-refractivity contribution in [2.75, 3.05) is 13.2 Å². The molecule has 0 aliphatic carbocycles. The highest BCUT2D eigenvalue weighted by molar-refractivity contribution is 5.94. The van der Waals surface area contributed by atoms with Crippen LogP contribution in [0.25, 0.3) is 0 Å². The lowest BCUT2D eigenvalue weighted by Crippen LogP contribution is -2.32. The average molecular weight is 302 g/mol. The number of rotatable bonds is 6. The molecule has 1 amide bonds. The summed E-state index contributed by atoms with van der Waals surface area (Å²) in [6.45, 7) is 2.41. The molecule has 1 heterocycles.